The van der Waals surface area contributed by atoms with E-state index in [1.165, 1.54) is 35.5 Å². The molecule has 0 aromatic heterocycles. The summed E-state index contributed by atoms with van der Waals surface area (Å²) in [4.78, 5) is 0. The van der Waals surface area contributed by atoms with E-state index in [0.717, 1.165) is 0 Å². The first-order valence-corrected chi connectivity index (χ1v) is 5.95. The van der Waals surface area contributed by atoms with Crippen molar-refractivity contribution in [1.82, 2.24) is 0 Å². The highest BCUT2D eigenvalue weighted by molar-refractivity contribution is 5.10. The summed E-state index contributed by atoms with van der Waals surface area (Å²) in [5, 5.41) is 0. The molecule has 0 amide bonds. The van der Waals surface area contributed by atoms with Crippen LogP contribution in [0.2, 0.25) is 0 Å². The smallest absolute Gasteiger partial charge is 0.0349 e. The van der Waals surface area contributed by atoms with Gasteiger partial charge in [-0.1, -0.05) is 6.42 Å². The van der Waals surface area contributed by atoms with Crippen molar-refractivity contribution in [3.8, 4) is 0 Å². The molecule has 4 saturated carbocycles. The van der Waals surface area contributed by atoms with Gasteiger partial charge in [-0.15, -0.1) is 0 Å². The van der Waals surface area contributed by atoms with Crippen LogP contribution in [-0.2, 0) is 0 Å². The molecular weight excluding hydrogens is 144 g/mol. The van der Waals surface area contributed by atoms with Crippen LogP contribution in [0.3, 0.4) is 0 Å². The first-order chi connectivity index (χ1) is 5.95. The van der Waals surface area contributed by atoms with Crippen LogP contribution in [0.15, 0.2) is 0 Å². The first-order valence-electron chi connectivity index (χ1n) is 5.95. The fourth-order valence-corrected chi connectivity index (χ4v) is 5.34. The minimum Gasteiger partial charge on any atom is -0.0527 e. The number of hydrogen-bond donors (Lipinski definition) is 0. The highest BCUT2D eigenvalue weighted by Gasteiger charge is 2.61. The summed E-state index contributed by atoms with van der Waals surface area (Å²) in [6, 6.07) is 0. The van der Waals surface area contributed by atoms with Crippen LogP contribution in [0.25, 0.3) is 0 Å². The van der Waals surface area contributed by atoms with E-state index in [1.54, 1.807) is 38.5 Å². The van der Waals surface area contributed by atoms with Crippen LogP contribution in [-0.4, -0.2) is 0 Å². The largest absolute Gasteiger partial charge is 0.0527 e. The van der Waals surface area contributed by atoms with Gasteiger partial charge in [0, 0.05) is 0 Å². The van der Waals surface area contributed by atoms with Gasteiger partial charge in [0.25, 0.3) is 0 Å². The Morgan fingerprint density at radius 3 is 1.50 bits per heavy atom. The highest BCUT2D eigenvalue weighted by Crippen LogP contribution is 2.68. The third-order valence-electron chi connectivity index (χ3n) is 5.75. The molecule has 4 aliphatic rings. The predicted molar refractivity (Wildman–Crippen MR) is 48.6 cm³/mol. The molecule has 4 rings (SSSR count). The zero-order valence-electron chi connectivity index (χ0n) is 7.71. The minimum atomic E-state index is 1.22. The van der Waals surface area contributed by atoms with Crippen molar-refractivity contribution >= 4 is 0 Å². The van der Waals surface area contributed by atoms with Gasteiger partial charge in [0.15, 0.2) is 0 Å². The van der Waals surface area contributed by atoms with Crippen LogP contribution in [0, 0.1) is 35.5 Å². The molecule has 0 heteroatoms. The molecular formula is C12H18. The SMILES string of the molecule is C1C[C@@H]2[C@H](C1)[C@@H]1C[C@H]2[C@H]2CC[C@H]21. The molecule has 0 saturated heterocycles. The van der Waals surface area contributed by atoms with Crippen LogP contribution in [0.4, 0.5) is 0 Å². The highest BCUT2D eigenvalue weighted by atomic mass is 14.7. The molecule has 0 radical (unpaired) electrons. The van der Waals surface area contributed by atoms with E-state index in [-0.39, 0.29) is 0 Å². The fourth-order valence-electron chi connectivity index (χ4n) is 5.34. The van der Waals surface area contributed by atoms with Gasteiger partial charge in [0.2, 0.25) is 0 Å². The molecule has 0 heterocycles. The van der Waals surface area contributed by atoms with Crippen LogP contribution < -0.4 is 0 Å². The van der Waals surface area contributed by atoms with E-state index in [2.05, 4.69) is 0 Å². The molecule has 66 valence electrons. The predicted octanol–water partition coefficient (Wildman–Crippen LogP) is 3.08. The Morgan fingerprint density at radius 1 is 0.500 bits per heavy atom. The molecule has 12 heavy (non-hydrogen) atoms. The molecule has 0 aromatic rings. The lowest BCUT2D eigenvalue weighted by atomic mass is 9.60. The van der Waals surface area contributed by atoms with E-state index in [4.69, 9.17) is 0 Å². The zero-order chi connectivity index (χ0) is 7.71. The maximum atomic E-state index is 1.66. The summed E-state index contributed by atoms with van der Waals surface area (Å²) in [5.74, 6) is 7.35. The molecule has 0 N–H and O–H groups in total. The Hall–Kier alpha value is 0. The average molecular weight is 162 g/mol. The molecule has 0 nitrogen and oxygen atoms in total. The van der Waals surface area contributed by atoms with Gasteiger partial charge in [-0.05, 0) is 67.6 Å². The van der Waals surface area contributed by atoms with Crippen LogP contribution in [0.5, 0.6) is 0 Å². The third kappa shape index (κ3) is 0.533. The molecule has 0 spiro atoms. The maximum absolute atomic E-state index is 1.66. The Labute approximate surface area is 74.7 Å². The molecule has 4 fully saturated rings. The van der Waals surface area contributed by atoms with E-state index < -0.39 is 0 Å². The number of hydrogen-bond acceptors (Lipinski definition) is 0. The quantitative estimate of drug-likeness (QED) is 0.513. The van der Waals surface area contributed by atoms with Crippen molar-refractivity contribution < 1.29 is 0 Å². The van der Waals surface area contributed by atoms with Crippen molar-refractivity contribution in [2.24, 2.45) is 35.5 Å². The minimum absolute atomic E-state index is 1.22. The zero-order valence-corrected chi connectivity index (χ0v) is 7.71. The first kappa shape index (κ1) is 6.45. The Balaban J connectivity index is 1.74. The average Bonchev–Trinajstić information content (AvgIpc) is 2.56. The second kappa shape index (κ2) is 1.91. The molecule has 0 aromatic carbocycles. The monoisotopic (exact) mass is 162 g/mol. The van der Waals surface area contributed by atoms with Crippen LogP contribution >= 0.6 is 0 Å². The van der Waals surface area contributed by atoms with Crippen molar-refractivity contribution in [3.05, 3.63) is 0 Å². The summed E-state index contributed by atoms with van der Waals surface area (Å²) in [6.45, 7) is 0. The van der Waals surface area contributed by atoms with Gasteiger partial charge >= 0.3 is 0 Å². The lowest BCUT2D eigenvalue weighted by Gasteiger charge is -2.45. The second-order valence-corrected chi connectivity index (χ2v) is 5.73. The molecule has 6 atom stereocenters. The Bertz CT molecular complexity index is 198. The van der Waals surface area contributed by atoms with Gasteiger partial charge in [-0.2, -0.15) is 0 Å². The molecule has 0 aliphatic heterocycles. The van der Waals surface area contributed by atoms with E-state index >= 15 is 0 Å². The van der Waals surface area contributed by atoms with Crippen molar-refractivity contribution in [2.75, 3.05) is 0 Å². The normalized spacial score (nSPS) is 66.0. The van der Waals surface area contributed by atoms with Crippen LogP contribution in [0.1, 0.15) is 38.5 Å². The Morgan fingerprint density at radius 2 is 1.00 bits per heavy atom. The summed E-state index contributed by atoms with van der Waals surface area (Å²) in [5.41, 5.74) is 0. The lowest BCUT2D eigenvalue weighted by molar-refractivity contribution is 0.0356. The summed E-state index contributed by atoms with van der Waals surface area (Å²) >= 11 is 0. The molecule has 2 bridgehead atoms. The lowest BCUT2D eigenvalue weighted by Crippen LogP contribution is -2.38. The molecule has 0 unspecified atom stereocenters. The van der Waals surface area contributed by atoms with E-state index in [1.807, 2.05) is 0 Å². The standard InChI is InChI=1S/C12H18/c1-2-7-8(3-1)12-6-11(7)9-4-5-10(9)12/h7-12H,1-6H2/t7-,8+,9+,10-,11-,12+. The topological polar surface area (TPSA) is 0 Å². The maximum Gasteiger partial charge on any atom is -0.0349 e. The summed E-state index contributed by atoms with van der Waals surface area (Å²) < 4.78 is 0. The molecule has 4 aliphatic carbocycles. The van der Waals surface area contributed by atoms with Gasteiger partial charge in [-0.3, -0.25) is 0 Å². The van der Waals surface area contributed by atoms with Crippen molar-refractivity contribution in [3.63, 3.8) is 0 Å². The number of fused-ring (bicyclic) bond motifs is 8. The summed E-state index contributed by atoms with van der Waals surface area (Å²) in [7, 11) is 0. The van der Waals surface area contributed by atoms with Gasteiger partial charge in [0.1, 0.15) is 0 Å². The van der Waals surface area contributed by atoms with Crippen molar-refractivity contribution in [2.45, 2.75) is 38.5 Å². The van der Waals surface area contributed by atoms with Crippen molar-refractivity contribution in [1.29, 1.82) is 0 Å². The van der Waals surface area contributed by atoms with Gasteiger partial charge in [0.05, 0.1) is 0 Å². The summed E-state index contributed by atoms with van der Waals surface area (Å²) in [6.07, 6.45) is 9.65. The van der Waals surface area contributed by atoms with E-state index in [0.29, 0.717) is 0 Å². The van der Waals surface area contributed by atoms with Gasteiger partial charge < -0.3 is 0 Å². The number of rotatable bonds is 0. The second-order valence-electron chi connectivity index (χ2n) is 5.73. The Kier molecular flexibility index (Phi) is 1.03. The van der Waals surface area contributed by atoms with Gasteiger partial charge in [-0.25, -0.2) is 0 Å². The fraction of sp³-hybridized carbons (Fsp3) is 1.00. The van der Waals surface area contributed by atoms with E-state index in [9.17, 15) is 0 Å². The third-order valence-corrected chi connectivity index (χ3v) is 5.75.